The van der Waals surface area contributed by atoms with E-state index >= 15 is 0 Å². The van der Waals surface area contributed by atoms with Crippen molar-refractivity contribution in [3.05, 3.63) is 12.2 Å². The first-order chi connectivity index (χ1) is 7.76. The average molecular weight is 227 g/mol. The van der Waals surface area contributed by atoms with Crippen LogP contribution in [0.4, 0.5) is 0 Å². The van der Waals surface area contributed by atoms with Gasteiger partial charge in [-0.1, -0.05) is 6.08 Å². The van der Waals surface area contributed by atoms with E-state index in [0.29, 0.717) is 12.7 Å². The third kappa shape index (κ3) is 4.77. The van der Waals surface area contributed by atoms with E-state index in [0.717, 1.165) is 32.5 Å². The van der Waals surface area contributed by atoms with E-state index in [1.54, 1.807) is 14.0 Å². The molecule has 0 saturated carbocycles. The van der Waals surface area contributed by atoms with E-state index in [1.165, 1.54) is 6.08 Å². The zero-order chi connectivity index (χ0) is 11.8. The monoisotopic (exact) mass is 227 g/mol. The van der Waals surface area contributed by atoms with Crippen molar-refractivity contribution in [2.24, 2.45) is 0 Å². The lowest BCUT2D eigenvalue weighted by molar-refractivity contribution is -0.137. The van der Waals surface area contributed by atoms with Crippen LogP contribution in [0.15, 0.2) is 12.2 Å². The topological polar surface area (TPSA) is 38.8 Å². The van der Waals surface area contributed by atoms with E-state index in [1.807, 2.05) is 6.08 Å². The van der Waals surface area contributed by atoms with Gasteiger partial charge in [-0.2, -0.15) is 0 Å². The predicted octanol–water partition coefficient (Wildman–Crippen LogP) is 1.22. The van der Waals surface area contributed by atoms with Gasteiger partial charge in [0.2, 0.25) is 0 Å². The Morgan fingerprint density at radius 3 is 3.06 bits per heavy atom. The molecule has 0 N–H and O–H groups in total. The smallest absolute Gasteiger partial charge is 0.330 e. The number of rotatable bonds is 5. The minimum Gasteiger partial charge on any atom is -0.463 e. The fourth-order valence-corrected chi connectivity index (χ4v) is 1.86. The molecule has 0 aromatic carbocycles. The molecule has 92 valence electrons. The molecule has 0 spiro atoms. The van der Waals surface area contributed by atoms with E-state index < -0.39 is 0 Å². The Bertz CT molecular complexity index is 240. The van der Waals surface area contributed by atoms with Crippen LogP contribution in [0.5, 0.6) is 0 Å². The number of nitrogens with zero attached hydrogens (tertiary/aromatic N) is 1. The molecule has 4 heteroatoms. The second kappa shape index (κ2) is 7.41. The number of hydrogen-bond acceptors (Lipinski definition) is 4. The molecule has 0 radical (unpaired) electrons. The highest BCUT2D eigenvalue weighted by atomic mass is 16.5. The summed E-state index contributed by atoms with van der Waals surface area (Å²) in [6.07, 6.45) is 5.99. The van der Waals surface area contributed by atoms with Crippen molar-refractivity contribution in [3.8, 4) is 0 Å². The van der Waals surface area contributed by atoms with Crippen LogP contribution in [0.1, 0.15) is 19.8 Å². The Morgan fingerprint density at radius 1 is 1.56 bits per heavy atom. The van der Waals surface area contributed by atoms with E-state index in [2.05, 4.69) is 4.90 Å². The first kappa shape index (κ1) is 13.2. The maximum Gasteiger partial charge on any atom is 0.330 e. The number of carbonyl (C=O) groups is 1. The molecule has 1 aliphatic heterocycles. The van der Waals surface area contributed by atoms with Crippen LogP contribution in [-0.2, 0) is 14.3 Å². The highest BCUT2D eigenvalue weighted by Crippen LogP contribution is 2.11. The number of esters is 1. The summed E-state index contributed by atoms with van der Waals surface area (Å²) in [5.74, 6) is -0.261. The highest BCUT2D eigenvalue weighted by Gasteiger charge is 2.17. The second-order valence-corrected chi connectivity index (χ2v) is 3.91. The molecule has 1 aliphatic rings. The van der Waals surface area contributed by atoms with Gasteiger partial charge in [0.25, 0.3) is 0 Å². The lowest BCUT2D eigenvalue weighted by Gasteiger charge is -2.30. The predicted molar refractivity (Wildman–Crippen MR) is 62.2 cm³/mol. The van der Waals surface area contributed by atoms with Crippen molar-refractivity contribution < 1.29 is 14.3 Å². The number of likely N-dealkylation sites (tertiary alicyclic amines) is 1. The number of methoxy groups -OCH3 is 1. The quantitative estimate of drug-likeness (QED) is 0.523. The minimum absolute atomic E-state index is 0.261. The fraction of sp³-hybridized carbons (Fsp3) is 0.750. The number of carbonyl (C=O) groups excluding carboxylic acids is 1. The molecular formula is C12H21NO3. The standard InChI is InChI=1S/C12H21NO3/c1-3-16-12(14)7-5-9-13-8-4-6-11(10-13)15-2/h5,7,11H,3-4,6,8-10H2,1-2H3/b7-5+. The van der Waals surface area contributed by atoms with Gasteiger partial charge in [-0.15, -0.1) is 0 Å². The van der Waals surface area contributed by atoms with Crippen LogP contribution in [0.2, 0.25) is 0 Å². The molecular weight excluding hydrogens is 206 g/mol. The molecule has 1 atom stereocenters. The van der Waals surface area contributed by atoms with Gasteiger partial charge in [0.05, 0.1) is 12.7 Å². The van der Waals surface area contributed by atoms with Gasteiger partial charge in [0.15, 0.2) is 0 Å². The summed E-state index contributed by atoms with van der Waals surface area (Å²) in [6.45, 7) is 5.05. The molecule has 1 rings (SSSR count). The molecule has 0 aliphatic carbocycles. The summed E-state index contributed by atoms with van der Waals surface area (Å²) < 4.78 is 10.1. The van der Waals surface area contributed by atoms with Gasteiger partial charge >= 0.3 is 5.97 Å². The van der Waals surface area contributed by atoms with Crippen molar-refractivity contribution >= 4 is 5.97 Å². The summed E-state index contributed by atoms with van der Waals surface area (Å²) in [5.41, 5.74) is 0. The van der Waals surface area contributed by atoms with Crippen molar-refractivity contribution in [2.45, 2.75) is 25.9 Å². The number of ether oxygens (including phenoxy) is 2. The average Bonchev–Trinajstić information content (AvgIpc) is 2.30. The Balaban J connectivity index is 2.23. The second-order valence-electron chi connectivity index (χ2n) is 3.91. The summed E-state index contributed by atoms with van der Waals surface area (Å²) in [4.78, 5) is 13.3. The maximum atomic E-state index is 11.1. The molecule has 1 fully saturated rings. The van der Waals surface area contributed by atoms with Crippen molar-refractivity contribution in [3.63, 3.8) is 0 Å². The Labute approximate surface area is 97.2 Å². The molecule has 1 saturated heterocycles. The lowest BCUT2D eigenvalue weighted by atomic mass is 10.1. The molecule has 1 unspecified atom stereocenters. The molecule has 0 aromatic rings. The van der Waals surface area contributed by atoms with E-state index in [4.69, 9.17) is 9.47 Å². The number of hydrogen-bond donors (Lipinski definition) is 0. The van der Waals surface area contributed by atoms with Gasteiger partial charge < -0.3 is 9.47 Å². The van der Waals surface area contributed by atoms with Gasteiger partial charge in [-0.3, -0.25) is 4.90 Å². The van der Waals surface area contributed by atoms with Gasteiger partial charge in [0, 0.05) is 26.3 Å². The van der Waals surface area contributed by atoms with Crippen molar-refractivity contribution in [1.29, 1.82) is 0 Å². The third-order valence-corrected chi connectivity index (χ3v) is 2.70. The normalized spacial score (nSPS) is 22.5. The zero-order valence-corrected chi connectivity index (χ0v) is 10.1. The third-order valence-electron chi connectivity index (χ3n) is 2.70. The highest BCUT2D eigenvalue weighted by molar-refractivity contribution is 5.81. The largest absolute Gasteiger partial charge is 0.463 e. The number of piperidine rings is 1. The minimum atomic E-state index is -0.261. The zero-order valence-electron chi connectivity index (χ0n) is 10.1. The Morgan fingerprint density at radius 2 is 2.38 bits per heavy atom. The van der Waals surface area contributed by atoms with Gasteiger partial charge in [0.1, 0.15) is 0 Å². The molecule has 1 heterocycles. The Kier molecular flexibility index (Phi) is 6.11. The van der Waals surface area contributed by atoms with E-state index in [-0.39, 0.29) is 5.97 Å². The fourth-order valence-electron chi connectivity index (χ4n) is 1.86. The van der Waals surface area contributed by atoms with Gasteiger partial charge in [-0.25, -0.2) is 4.79 Å². The van der Waals surface area contributed by atoms with Crippen molar-refractivity contribution in [1.82, 2.24) is 4.90 Å². The van der Waals surface area contributed by atoms with E-state index in [9.17, 15) is 4.79 Å². The summed E-state index contributed by atoms with van der Waals surface area (Å²) in [5, 5.41) is 0. The summed E-state index contributed by atoms with van der Waals surface area (Å²) >= 11 is 0. The van der Waals surface area contributed by atoms with Crippen LogP contribution in [0, 0.1) is 0 Å². The first-order valence-corrected chi connectivity index (χ1v) is 5.84. The molecule has 0 aromatic heterocycles. The van der Waals surface area contributed by atoms with Crippen molar-refractivity contribution in [2.75, 3.05) is 33.4 Å². The first-order valence-electron chi connectivity index (χ1n) is 5.84. The molecule has 0 amide bonds. The molecule has 0 bridgehead atoms. The molecule has 4 nitrogen and oxygen atoms in total. The van der Waals surface area contributed by atoms with Gasteiger partial charge in [-0.05, 0) is 26.3 Å². The van der Waals surface area contributed by atoms with Crippen LogP contribution in [0.3, 0.4) is 0 Å². The van der Waals surface area contributed by atoms with Crippen LogP contribution < -0.4 is 0 Å². The van der Waals surface area contributed by atoms with Crippen LogP contribution in [0.25, 0.3) is 0 Å². The summed E-state index contributed by atoms with van der Waals surface area (Å²) in [7, 11) is 1.75. The maximum absolute atomic E-state index is 11.1. The van der Waals surface area contributed by atoms with Crippen LogP contribution >= 0.6 is 0 Å². The molecule has 16 heavy (non-hydrogen) atoms. The Hall–Kier alpha value is -0.870. The lowest BCUT2D eigenvalue weighted by Crippen LogP contribution is -2.39. The van der Waals surface area contributed by atoms with Crippen LogP contribution in [-0.4, -0.2) is 50.3 Å². The summed E-state index contributed by atoms with van der Waals surface area (Å²) in [6, 6.07) is 0. The SMILES string of the molecule is CCOC(=O)/C=C/CN1CCCC(OC)C1.